The van der Waals surface area contributed by atoms with Gasteiger partial charge < -0.3 is 10.0 Å². The molecule has 1 aromatic carbocycles. The summed E-state index contributed by atoms with van der Waals surface area (Å²) in [6.45, 7) is 2.17. The van der Waals surface area contributed by atoms with Crippen molar-refractivity contribution in [2.45, 2.75) is 25.9 Å². The molecule has 6 heteroatoms. The molecule has 1 unspecified atom stereocenters. The Morgan fingerprint density at radius 3 is 2.89 bits per heavy atom. The minimum absolute atomic E-state index is 0.134. The number of hydrogen-bond acceptors (Lipinski definition) is 5. The molecule has 0 saturated carbocycles. The fraction of sp³-hybridized carbons (Fsp3) is 0.308. The third-order valence-electron chi connectivity index (χ3n) is 3.47. The highest BCUT2D eigenvalue weighted by Gasteiger charge is 2.37. The molecule has 98 valence electrons. The lowest BCUT2D eigenvalue weighted by Gasteiger charge is -2.32. The first-order valence-corrected chi connectivity index (χ1v) is 6.03. The van der Waals surface area contributed by atoms with E-state index in [1.807, 2.05) is 6.07 Å². The van der Waals surface area contributed by atoms with Crippen molar-refractivity contribution < 1.29 is 14.7 Å². The van der Waals surface area contributed by atoms with Crippen molar-refractivity contribution in [3.05, 3.63) is 23.8 Å². The number of carbonyl (C=O) groups excluding carboxylic acids is 2. The van der Waals surface area contributed by atoms with Gasteiger partial charge in [-0.25, -0.2) is 4.99 Å². The molecule has 3 rings (SSSR count). The summed E-state index contributed by atoms with van der Waals surface area (Å²) >= 11 is 0. The van der Waals surface area contributed by atoms with E-state index in [4.69, 9.17) is 0 Å². The number of nitrogens with zero attached hydrogens (tertiary/aromatic N) is 2. The van der Waals surface area contributed by atoms with Crippen molar-refractivity contribution in [2.24, 2.45) is 4.99 Å². The zero-order valence-corrected chi connectivity index (χ0v) is 10.4. The largest absolute Gasteiger partial charge is 0.508 e. The molecule has 1 fully saturated rings. The molecular weight excluding hydrogens is 246 g/mol. The Labute approximate surface area is 109 Å². The fourth-order valence-corrected chi connectivity index (χ4v) is 2.48. The summed E-state index contributed by atoms with van der Waals surface area (Å²) in [6, 6.07) is 4.60. The first kappa shape index (κ1) is 11.7. The Hall–Kier alpha value is -2.37. The van der Waals surface area contributed by atoms with Gasteiger partial charge in [-0.3, -0.25) is 14.9 Å². The van der Waals surface area contributed by atoms with Crippen LogP contribution in [0.4, 0.5) is 5.69 Å². The highest BCUT2D eigenvalue weighted by molar-refractivity contribution is 6.07. The van der Waals surface area contributed by atoms with Gasteiger partial charge in [0.15, 0.2) is 0 Å². The number of rotatable bonds is 1. The molecule has 2 aliphatic heterocycles. The van der Waals surface area contributed by atoms with Crippen LogP contribution in [0.25, 0.3) is 0 Å². The lowest BCUT2D eigenvalue weighted by molar-refractivity contribution is -0.125. The summed E-state index contributed by atoms with van der Waals surface area (Å²) in [4.78, 5) is 29.1. The predicted octanol–water partition coefficient (Wildman–Crippen LogP) is 0.673. The van der Waals surface area contributed by atoms with Crippen molar-refractivity contribution >= 4 is 23.3 Å². The number of carbonyl (C=O) groups is 2. The standard InChI is InChI=1S/C13H13N3O3/c1-7-14-9-3-2-4-11(17)8(9)6-16(7)10-5-12(18)15-13(10)19/h2-4,10,17H,5-6H2,1H3,(H,15,18,19). The molecule has 2 N–H and O–H groups in total. The molecule has 2 heterocycles. The first-order valence-electron chi connectivity index (χ1n) is 6.03. The molecule has 2 amide bonds. The zero-order valence-electron chi connectivity index (χ0n) is 10.4. The van der Waals surface area contributed by atoms with Crippen LogP contribution in [0.5, 0.6) is 5.75 Å². The number of imide groups is 1. The molecule has 0 aliphatic carbocycles. The third-order valence-corrected chi connectivity index (χ3v) is 3.47. The molecule has 19 heavy (non-hydrogen) atoms. The summed E-state index contributed by atoms with van der Waals surface area (Å²) in [5, 5.41) is 12.1. The van der Waals surface area contributed by atoms with E-state index in [0.717, 1.165) is 0 Å². The number of aliphatic imine (C=N–C) groups is 1. The zero-order chi connectivity index (χ0) is 13.6. The quantitative estimate of drug-likeness (QED) is 0.726. The molecule has 0 aromatic heterocycles. The average Bonchev–Trinajstić information content (AvgIpc) is 2.68. The van der Waals surface area contributed by atoms with E-state index >= 15 is 0 Å². The van der Waals surface area contributed by atoms with E-state index < -0.39 is 6.04 Å². The number of nitrogens with one attached hydrogen (secondary N) is 1. The number of phenolic OH excluding ortho intramolecular Hbond substituents is 1. The summed E-state index contributed by atoms with van der Waals surface area (Å²) in [6.07, 6.45) is 0.134. The summed E-state index contributed by atoms with van der Waals surface area (Å²) in [5.41, 5.74) is 1.39. The van der Waals surface area contributed by atoms with Gasteiger partial charge in [-0.2, -0.15) is 0 Å². The molecule has 1 atom stereocenters. The number of amidine groups is 1. The maximum absolute atomic E-state index is 11.7. The number of amides is 2. The van der Waals surface area contributed by atoms with E-state index in [2.05, 4.69) is 10.3 Å². The molecular formula is C13H13N3O3. The van der Waals surface area contributed by atoms with Crippen LogP contribution in [0.15, 0.2) is 23.2 Å². The molecule has 6 nitrogen and oxygen atoms in total. The van der Waals surface area contributed by atoms with Gasteiger partial charge >= 0.3 is 0 Å². The Morgan fingerprint density at radius 1 is 1.42 bits per heavy atom. The van der Waals surface area contributed by atoms with Gasteiger partial charge in [0.05, 0.1) is 18.7 Å². The van der Waals surface area contributed by atoms with Crippen LogP contribution in [0, 0.1) is 0 Å². The molecule has 1 saturated heterocycles. The minimum atomic E-state index is -0.538. The molecule has 2 aliphatic rings. The van der Waals surface area contributed by atoms with Gasteiger partial charge in [-0.1, -0.05) is 6.07 Å². The smallest absolute Gasteiger partial charge is 0.249 e. The first-order chi connectivity index (χ1) is 9.06. The van der Waals surface area contributed by atoms with E-state index in [0.29, 0.717) is 23.6 Å². The molecule has 0 bridgehead atoms. The van der Waals surface area contributed by atoms with Crippen LogP contribution in [0.1, 0.15) is 18.9 Å². The summed E-state index contributed by atoms with van der Waals surface area (Å²) < 4.78 is 0. The van der Waals surface area contributed by atoms with Crippen LogP contribution >= 0.6 is 0 Å². The Bertz CT molecular complexity index is 609. The Balaban J connectivity index is 1.97. The third kappa shape index (κ3) is 1.85. The number of hydrogen-bond donors (Lipinski definition) is 2. The lowest BCUT2D eigenvalue weighted by Crippen LogP contribution is -2.44. The number of aromatic hydroxyl groups is 1. The van der Waals surface area contributed by atoms with Gasteiger partial charge in [-0.05, 0) is 19.1 Å². The maximum Gasteiger partial charge on any atom is 0.249 e. The van der Waals surface area contributed by atoms with E-state index in [-0.39, 0.29) is 24.0 Å². The lowest BCUT2D eigenvalue weighted by atomic mass is 10.1. The van der Waals surface area contributed by atoms with Gasteiger partial charge in [0.1, 0.15) is 17.6 Å². The van der Waals surface area contributed by atoms with Crippen molar-refractivity contribution in [1.29, 1.82) is 0 Å². The highest BCUT2D eigenvalue weighted by Crippen LogP contribution is 2.34. The van der Waals surface area contributed by atoms with E-state index in [9.17, 15) is 14.7 Å². The van der Waals surface area contributed by atoms with Crippen molar-refractivity contribution in [1.82, 2.24) is 10.2 Å². The Kier molecular flexibility index (Phi) is 2.51. The van der Waals surface area contributed by atoms with Crippen LogP contribution in [-0.2, 0) is 16.1 Å². The van der Waals surface area contributed by atoms with Gasteiger partial charge in [0.25, 0.3) is 0 Å². The van der Waals surface area contributed by atoms with Crippen LogP contribution in [0.2, 0.25) is 0 Å². The van der Waals surface area contributed by atoms with E-state index in [1.54, 1.807) is 24.0 Å². The average molecular weight is 259 g/mol. The molecule has 0 radical (unpaired) electrons. The van der Waals surface area contributed by atoms with Crippen molar-refractivity contribution in [3.8, 4) is 5.75 Å². The minimum Gasteiger partial charge on any atom is -0.508 e. The predicted molar refractivity (Wildman–Crippen MR) is 68.0 cm³/mol. The van der Waals surface area contributed by atoms with E-state index in [1.165, 1.54) is 0 Å². The SMILES string of the molecule is CC1=Nc2cccc(O)c2CN1C1CC(=O)NC1=O. The normalized spacial score (nSPS) is 22.1. The second kappa shape index (κ2) is 4.08. The maximum atomic E-state index is 11.7. The Morgan fingerprint density at radius 2 is 2.21 bits per heavy atom. The summed E-state index contributed by atoms with van der Waals surface area (Å²) in [5.74, 6) is 0.251. The topological polar surface area (TPSA) is 82.0 Å². The van der Waals surface area contributed by atoms with Gasteiger partial charge in [-0.15, -0.1) is 0 Å². The van der Waals surface area contributed by atoms with Crippen molar-refractivity contribution in [3.63, 3.8) is 0 Å². The second-order valence-corrected chi connectivity index (χ2v) is 4.69. The molecule has 1 aromatic rings. The fourth-order valence-electron chi connectivity index (χ4n) is 2.48. The van der Waals surface area contributed by atoms with Crippen molar-refractivity contribution in [2.75, 3.05) is 0 Å². The summed E-state index contributed by atoms with van der Waals surface area (Å²) in [7, 11) is 0. The van der Waals surface area contributed by atoms with Crippen LogP contribution < -0.4 is 5.32 Å². The second-order valence-electron chi connectivity index (χ2n) is 4.69. The number of benzene rings is 1. The highest BCUT2D eigenvalue weighted by atomic mass is 16.3. The van der Waals surface area contributed by atoms with Crippen LogP contribution in [0.3, 0.4) is 0 Å². The van der Waals surface area contributed by atoms with Crippen LogP contribution in [-0.4, -0.2) is 33.7 Å². The molecule has 0 spiro atoms. The van der Waals surface area contributed by atoms with Gasteiger partial charge in [0, 0.05) is 5.56 Å². The van der Waals surface area contributed by atoms with Gasteiger partial charge in [0.2, 0.25) is 11.8 Å². The monoisotopic (exact) mass is 259 g/mol. The number of phenols is 1. The number of fused-ring (bicyclic) bond motifs is 1.